The van der Waals surface area contributed by atoms with Gasteiger partial charge in [-0.25, -0.2) is 4.79 Å². The topological polar surface area (TPSA) is 63.6 Å². The quantitative estimate of drug-likeness (QED) is 0.510. The standard InChI is InChI=1S/C14H10O4/c15-13(10-5-2-1-3-6-10)11-7-4-8-12(9-11)18-14(16)17/h1-9H,(H,16,17). The van der Waals surface area contributed by atoms with Crippen molar-refractivity contribution in [3.05, 3.63) is 65.7 Å². The predicted molar refractivity (Wildman–Crippen MR) is 65.0 cm³/mol. The maximum absolute atomic E-state index is 12.1. The van der Waals surface area contributed by atoms with E-state index < -0.39 is 6.16 Å². The summed E-state index contributed by atoms with van der Waals surface area (Å²) in [6, 6.07) is 14.8. The lowest BCUT2D eigenvalue weighted by atomic mass is 10.0. The lowest BCUT2D eigenvalue weighted by Gasteiger charge is -2.03. The second kappa shape index (κ2) is 5.14. The molecule has 0 heterocycles. The number of carbonyl (C=O) groups is 2. The van der Waals surface area contributed by atoms with Gasteiger partial charge in [0.05, 0.1) is 0 Å². The van der Waals surface area contributed by atoms with Crippen molar-refractivity contribution in [2.24, 2.45) is 0 Å². The van der Waals surface area contributed by atoms with Gasteiger partial charge in [-0.2, -0.15) is 0 Å². The van der Waals surface area contributed by atoms with E-state index in [4.69, 9.17) is 5.11 Å². The van der Waals surface area contributed by atoms with E-state index in [9.17, 15) is 9.59 Å². The molecular weight excluding hydrogens is 232 g/mol. The van der Waals surface area contributed by atoms with Crippen molar-refractivity contribution in [3.8, 4) is 5.75 Å². The Balaban J connectivity index is 2.29. The van der Waals surface area contributed by atoms with Crippen LogP contribution in [-0.4, -0.2) is 17.0 Å². The van der Waals surface area contributed by atoms with Crippen LogP contribution in [0.4, 0.5) is 4.79 Å². The highest BCUT2D eigenvalue weighted by Gasteiger charge is 2.10. The van der Waals surface area contributed by atoms with Gasteiger partial charge in [0.15, 0.2) is 5.78 Å². The lowest BCUT2D eigenvalue weighted by molar-refractivity contribution is 0.103. The average molecular weight is 242 g/mol. The van der Waals surface area contributed by atoms with Crippen LogP contribution in [0.15, 0.2) is 54.6 Å². The minimum Gasteiger partial charge on any atom is -0.449 e. The Hall–Kier alpha value is -2.62. The molecule has 0 bridgehead atoms. The number of carboxylic acid groups (broad SMARTS) is 1. The molecule has 1 N–H and O–H groups in total. The molecule has 2 rings (SSSR count). The molecule has 0 aliphatic rings. The summed E-state index contributed by atoms with van der Waals surface area (Å²) >= 11 is 0. The zero-order chi connectivity index (χ0) is 13.0. The number of rotatable bonds is 3. The van der Waals surface area contributed by atoms with E-state index in [1.54, 1.807) is 36.4 Å². The van der Waals surface area contributed by atoms with Gasteiger partial charge in [0.1, 0.15) is 5.75 Å². The monoisotopic (exact) mass is 242 g/mol. The molecular formula is C14H10O4. The van der Waals surface area contributed by atoms with Gasteiger partial charge in [0.25, 0.3) is 0 Å². The molecule has 0 aliphatic heterocycles. The van der Waals surface area contributed by atoms with Gasteiger partial charge in [-0.3, -0.25) is 4.79 Å². The summed E-state index contributed by atoms with van der Waals surface area (Å²) in [5.41, 5.74) is 0.935. The third kappa shape index (κ3) is 2.74. The molecule has 2 aromatic carbocycles. The van der Waals surface area contributed by atoms with Gasteiger partial charge in [0, 0.05) is 11.1 Å². The maximum atomic E-state index is 12.1. The second-order valence-corrected chi connectivity index (χ2v) is 3.59. The van der Waals surface area contributed by atoms with E-state index in [2.05, 4.69) is 4.74 Å². The Bertz CT molecular complexity index is 575. The van der Waals surface area contributed by atoms with Crippen molar-refractivity contribution in [2.75, 3.05) is 0 Å². The summed E-state index contributed by atoms with van der Waals surface area (Å²) in [4.78, 5) is 22.5. The molecule has 4 nitrogen and oxygen atoms in total. The van der Waals surface area contributed by atoms with E-state index in [-0.39, 0.29) is 11.5 Å². The van der Waals surface area contributed by atoms with Crippen LogP contribution in [0, 0.1) is 0 Å². The van der Waals surface area contributed by atoms with Crippen LogP contribution in [0.2, 0.25) is 0 Å². The highest BCUT2D eigenvalue weighted by atomic mass is 16.7. The molecule has 0 atom stereocenters. The maximum Gasteiger partial charge on any atom is 0.511 e. The molecule has 0 saturated carbocycles. The van der Waals surface area contributed by atoms with Crippen LogP contribution < -0.4 is 4.74 Å². The van der Waals surface area contributed by atoms with Gasteiger partial charge in [0.2, 0.25) is 0 Å². The predicted octanol–water partition coefficient (Wildman–Crippen LogP) is 2.97. The van der Waals surface area contributed by atoms with Crippen molar-refractivity contribution in [2.45, 2.75) is 0 Å². The molecule has 0 aliphatic carbocycles. The Kier molecular flexibility index (Phi) is 3.38. The van der Waals surface area contributed by atoms with E-state index in [1.807, 2.05) is 6.07 Å². The molecule has 0 fully saturated rings. The molecule has 0 spiro atoms. The fourth-order valence-corrected chi connectivity index (χ4v) is 1.56. The summed E-state index contributed by atoms with van der Waals surface area (Å²) in [6.07, 6.45) is -1.40. The van der Waals surface area contributed by atoms with Crippen LogP contribution in [0.3, 0.4) is 0 Å². The Morgan fingerprint density at radius 2 is 1.56 bits per heavy atom. The number of carbonyl (C=O) groups excluding carboxylic acids is 1. The number of hydrogen-bond acceptors (Lipinski definition) is 3. The highest BCUT2D eigenvalue weighted by molar-refractivity contribution is 6.09. The van der Waals surface area contributed by atoms with Gasteiger partial charge >= 0.3 is 6.16 Å². The summed E-state index contributed by atoms with van der Waals surface area (Å²) < 4.78 is 4.51. The van der Waals surface area contributed by atoms with E-state index in [0.717, 1.165) is 0 Å². The molecule has 0 amide bonds. The first-order chi connectivity index (χ1) is 8.66. The van der Waals surface area contributed by atoms with Gasteiger partial charge in [-0.15, -0.1) is 0 Å². The SMILES string of the molecule is O=C(O)Oc1cccc(C(=O)c2ccccc2)c1. The molecule has 2 aromatic rings. The first-order valence-electron chi connectivity index (χ1n) is 5.27. The van der Waals surface area contributed by atoms with Gasteiger partial charge in [-0.05, 0) is 12.1 Å². The van der Waals surface area contributed by atoms with Crippen molar-refractivity contribution >= 4 is 11.9 Å². The van der Waals surface area contributed by atoms with E-state index in [1.165, 1.54) is 12.1 Å². The minimum absolute atomic E-state index is 0.129. The first kappa shape index (κ1) is 11.9. The lowest BCUT2D eigenvalue weighted by Crippen LogP contribution is -2.05. The van der Waals surface area contributed by atoms with Crippen LogP contribution in [0.5, 0.6) is 5.75 Å². The number of benzene rings is 2. The zero-order valence-electron chi connectivity index (χ0n) is 9.37. The smallest absolute Gasteiger partial charge is 0.449 e. The van der Waals surface area contributed by atoms with Crippen molar-refractivity contribution in [1.82, 2.24) is 0 Å². The first-order valence-corrected chi connectivity index (χ1v) is 5.27. The zero-order valence-corrected chi connectivity index (χ0v) is 9.37. The van der Waals surface area contributed by atoms with E-state index >= 15 is 0 Å². The Morgan fingerprint density at radius 1 is 0.889 bits per heavy atom. The summed E-state index contributed by atoms with van der Waals surface area (Å²) in [6.45, 7) is 0. The fraction of sp³-hybridized carbons (Fsp3) is 0. The minimum atomic E-state index is -1.40. The summed E-state index contributed by atoms with van der Waals surface area (Å²) in [5, 5.41) is 8.51. The number of hydrogen-bond donors (Lipinski definition) is 1. The third-order valence-corrected chi connectivity index (χ3v) is 2.34. The fourth-order valence-electron chi connectivity index (χ4n) is 1.56. The molecule has 0 saturated heterocycles. The molecule has 0 aromatic heterocycles. The Morgan fingerprint density at radius 3 is 2.22 bits per heavy atom. The summed E-state index contributed by atoms with van der Waals surface area (Å²) in [5.74, 6) is -0.0456. The second-order valence-electron chi connectivity index (χ2n) is 3.59. The van der Waals surface area contributed by atoms with E-state index in [0.29, 0.717) is 11.1 Å². The van der Waals surface area contributed by atoms with Crippen LogP contribution in [-0.2, 0) is 0 Å². The van der Waals surface area contributed by atoms with Crippen LogP contribution in [0.25, 0.3) is 0 Å². The molecule has 0 unspecified atom stereocenters. The molecule has 4 heteroatoms. The average Bonchev–Trinajstić information content (AvgIpc) is 2.38. The number of ketones is 1. The third-order valence-electron chi connectivity index (χ3n) is 2.34. The molecule has 90 valence electrons. The molecule has 18 heavy (non-hydrogen) atoms. The molecule has 0 radical (unpaired) electrons. The Labute approximate surface area is 103 Å². The van der Waals surface area contributed by atoms with Gasteiger partial charge in [-0.1, -0.05) is 42.5 Å². The van der Waals surface area contributed by atoms with Gasteiger partial charge < -0.3 is 9.84 Å². The largest absolute Gasteiger partial charge is 0.511 e. The summed E-state index contributed by atoms with van der Waals surface area (Å²) in [7, 11) is 0. The van der Waals surface area contributed by atoms with Crippen molar-refractivity contribution < 1.29 is 19.4 Å². The van der Waals surface area contributed by atoms with Crippen LogP contribution >= 0.6 is 0 Å². The highest BCUT2D eigenvalue weighted by Crippen LogP contribution is 2.16. The van der Waals surface area contributed by atoms with Crippen molar-refractivity contribution in [1.29, 1.82) is 0 Å². The normalized spacial score (nSPS) is 9.78. The number of ether oxygens (including phenoxy) is 1. The van der Waals surface area contributed by atoms with Crippen LogP contribution in [0.1, 0.15) is 15.9 Å². The van der Waals surface area contributed by atoms with Crippen molar-refractivity contribution in [3.63, 3.8) is 0 Å².